The number of amides is 1. The van der Waals surface area contributed by atoms with Crippen LogP contribution in [0.4, 0.5) is 0 Å². The Morgan fingerprint density at radius 3 is 2.88 bits per heavy atom. The summed E-state index contributed by atoms with van der Waals surface area (Å²) < 4.78 is 5.53. The zero-order valence-electron chi connectivity index (χ0n) is 13.8. The van der Waals surface area contributed by atoms with Gasteiger partial charge in [-0.1, -0.05) is 36.8 Å². The van der Waals surface area contributed by atoms with Gasteiger partial charge in [-0.25, -0.2) is 0 Å². The van der Waals surface area contributed by atoms with Gasteiger partial charge in [-0.3, -0.25) is 9.69 Å². The first-order valence-corrected chi connectivity index (χ1v) is 9.11. The first-order valence-electron chi connectivity index (χ1n) is 8.32. The molecule has 1 saturated carbocycles. The third kappa shape index (κ3) is 3.97. The molecule has 1 aliphatic carbocycles. The monoisotopic (exact) mass is 374 g/mol. The van der Waals surface area contributed by atoms with Gasteiger partial charge in [0.05, 0.1) is 0 Å². The molecule has 1 N–H and O–H groups in total. The molecule has 3 rings (SSSR count). The molecule has 130 valence electrons. The highest BCUT2D eigenvalue weighted by Gasteiger charge is 2.36. The Hall–Kier alpha value is -2.03. The van der Waals surface area contributed by atoms with Crippen molar-refractivity contribution < 1.29 is 9.53 Å². The van der Waals surface area contributed by atoms with E-state index in [1.165, 1.54) is 6.42 Å². The minimum atomic E-state index is -0.0974. The molecule has 1 heterocycles. The number of rotatable bonds is 4. The van der Waals surface area contributed by atoms with Crippen molar-refractivity contribution in [2.75, 3.05) is 6.61 Å². The van der Waals surface area contributed by atoms with Crippen LogP contribution < -0.4 is 10.1 Å². The van der Waals surface area contributed by atoms with E-state index in [1.807, 2.05) is 0 Å². The van der Waals surface area contributed by atoms with E-state index in [-0.39, 0.29) is 18.6 Å². The van der Waals surface area contributed by atoms with E-state index in [2.05, 4.69) is 11.2 Å². The van der Waals surface area contributed by atoms with Crippen LogP contribution in [0, 0.1) is 12.3 Å². The molecule has 0 spiro atoms. The summed E-state index contributed by atoms with van der Waals surface area (Å²) in [4.78, 5) is 14.5. The maximum absolute atomic E-state index is 12.8. The molecule has 2 fully saturated rings. The summed E-state index contributed by atoms with van der Waals surface area (Å²) in [6.07, 6.45) is 12.4. The van der Waals surface area contributed by atoms with E-state index in [4.69, 9.17) is 35.0 Å². The van der Waals surface area contributed by atoms with E-state index in [0.29, 0.717) is 27.1 Å². The summed E-state index contributed by atoms with van der Waals surface area (Å²) in [5.41, 5.74) is 1.12. The molecule has 1 saturated heterocycles. The lowest BCUT2D eigenvalue weighted by Gasteiger charge is -2.29. The van der Waals surface area contributed by atoms with E-state index in [1.54, 1.807) is 29.2 Å². The van der Waals surface area contributed by atoms with Gasteiger partial charge in [0.2, 0.25) is 0 Å². The lowest BCUT2D eigenvalue weighted by Crippen LogP contribution is -2.41. The van der Waals surface area contributed by atoms with Gasteiger partial charge in [0.1, 0.15) is 18.1 Å². The number of thiocarbonyl (C=S) groups is 1. The number of halogens is 1. The average Bonchev–Trinajstić information content (AvgIpc) is 2.88. The quantitative estimate of drug-likeness (QED) is 0.495. The Bertz CT molecular complexity index is 763. The van der Waals surface area contributed by atoms with Crippen molar-refractivity contribution in [1.29, 1.82) is 0 Å². The largest absolute Gasteiger partial charge is 0.480 e. The standard InChI is InChI=1S/C19H19ClN2O2S/c1-2-10-24-17-9-8-14(20)11-13(17)12-16-18(23)22(19(25)21-16)15-6-4-3-5-7-15/h1,8-9,11-12,15H,3-7,10H2,(H,21,25)/b16-12-. The third-order valence-corrected chi connectivity index (χ3v) is 4.97. The van der Waals surface area contributed by atoms with Crippen LogP contribution in [0.1, 0.15) is 37.7 Å². The smallest absolute Gasteiger partial charge is 0.276 e. The molecule has 1 amide bonds. The Morgan fingerprint density at radius 2 is 2.16 bits per heavy atom. The Morgan fingerprint density at radius 1 is 1.40 bits per heavy atom. The fraction of sp³-hybridized carbons (Fsp3) is 0.368. The minimum Gasteiger partial charge on any atom is -0.480 e. The predicted molar refractivity (Wildman–Crippen MR) is 103 cm³/mol. The van der Waals surface area contributed by atoms with Crippen molar-refractivity contribution in [2.45, 2.75) is 38.1 Å². The minimum absolute atomic E-state index is 0.0974. The summed E-state index contributed by atoms with van der Waals surface area (Å²) >= 11 is 11.5. The lowest BCUT2D eigenvalue weighted by atomic mass is 9.94. The highest BCUT2D eigenvalue weighted by Crippen LogP contribution is 2.29. The van der Waals surface area contributed by atoms with Gasteiger partial charge in [0.15, 0.2) is 5.11 Å². The van der Waals surface area contributed by atoms with Gasteiger partial charge in [0.25, 0.3) is 5.91 Å². The Balaban J connectivity index is 1.87. The van der Waals surface area contributed by atoms with E-state index >= 15 is 0 Å². The molecule has 1 aromatic carbocycles. The Kier molecular flexibility index (Phi) is 5.62. The molecule has 0 bridgehead atoms. The third-order valence-electron chi connectivity index (χ3n) is 4.43. The van der Waals surface area contributed by atoms with Crippen LogP contribution in [0.15, 0.2) is 23.9 Å². The zero-order valence-corrected chi connectivity index (χ0v) is 15.3. The summed E-state index contributed by atoms with van der Waals surface area (Å²) in [6, 6.07) is 5.38. The summed E-state index contributed by atoms with van der Waals surface area (Å²) in [5, 5.41) is 4.05. The topological polar surface area (TPSA) is 41.6 Å². The SMILES string of the molecule is C#CCOc1ccc(Cl)cc1/C=C1\NC(=S)N(C2CCCCC2)C1=O. The summed E-state index contributed by atoms with van der Waals surface area (Å²) in [7, 11) is 0. The second-order valence-corrected chi connectivity index (χ2v) is 6.95. The van der Waals surface area contributed by atoms with Gasteiger partial charge in [-0.15, -0.1) is 6.42 Å². The molecular weight excluding hydrogens is 356 g/mol. The number of hydrogen-bond acceptors (Lipinski definition) is 3. The summed E-state index contributed by atoms with van der Waals surface area (Å²) in [6.45, 7) is 0.145. The number of nitrogens with zero attached hydrogens (tertiary/aromatic N) is 1. The molecule has 0 atom stereocenters. The van der Waals surface area contributed by atoms with Crippen molar-refractivity contribution in [2.24, 2.45) is 0 Å². The maximum atomic E-state index is 12.8. The fourth-order valence-corrected chi connectivity index (χ4v) is 3.78. The van der Waals surface area contributed by atoms with Gasteiger partial charge < -0.3 is 10.1 Å². The van der Waals surface area contributed by atoms with Crippen molar-refractivity contribution >= 4 is 40.9 Å². The first-order chi connectivity index (χ1) is 12.1. The molecule has 0 aromatic heterocycles. The fourth-order valence-electron chi connectivity index (χ4n) is 3.26. The number of ether oxygens (including phenoxy) is 1. The van der Waals surface area contributed by atoms with Crippen LogP contribution >= 0.6 is 23.8 Å². The number of nitrogens with one attached hydrogen (secondary N) is 1. The van der Waals surface area contributed by atoms with Crippen molar-refractivity contribution in [3.8, 4) is 18.1 Å². The number of hydrogen-bond donors (Lipinski definition) is 1. The van der Waals surface area contributed by atoms with Crippen molar-refractivity contribution in [3.63, 3.8) is 0 Å². The molecule has 25 heavy (non-hydrogen) atoms. The van der Waals surface area contributed by atoms with E-state index in [0.717, 1.165) is 25.7 Å². The number of benzene rings is 1. The molecule has 6 heteroatoms. The van der Waals surface area contributed by atoms with Crippen LogP contribution in [0.2, 0.25) is 5.02 Å². The van der Waals surface area contributed by atoms with Gasteiger partial charge >= 0.3 is 0 Å². The first kappa shape index (κ1) is 17.8. The highest BCUT2D eigenvalue weighted by molar-refractivity contribution is 7.80. The Labute approximate surface area is 158 Å². The second kappa shape index (κ2) is 7.90. The molecule has 2 aliphatic rings. The van der Waals surface area contributed by atoms with Crippen molar-refractivity contribution in [3.05, 3.63) is 34.5 Å². The number of terminal acetylenes is 1. The summed E-state index contributed by atoms with van der Waals surface area (Å²) in [5.74, 6) is 2.91. The number of carbonyl (C=O) groups excluding carboxylic acids is 1. The van der Waals surface area contributed by atoms with Crippen molar-refractivity contribution in [1.82, 2.24) is 10.2 Å². The zero-order chi connectivity index (χ0) is 17.8. The second-order valence-electron chi connectivity index (χ2n) is 6.13. The van der Waals surface area contributed by atoms with Gasteiger partial charge in [0, 0.05) is 16.6 Å². The van der Waals surface area contributed by atoms with Crippen LogP contribution in [0.5, 0.6) is 5.75 Å². The molecular formula is C19H19ClN2O2S. The van der Waals surface area contributed by atoms with Gasteiger partial charge in [-0.05, 0) is 49.3 Å². The maximum Gasteiger partial charge on any atom is 0.276 e. The molecule has 1 aliphatic heterocycles. The molecule has 1 aromatic rings. The molecule has 0 radical (unpaired) electrons. The van der Waals surface area contributed by atoms with Gasteiger partial charge in [-0.2, -0.15) is 0 Å². The van der Waals surface area contributed by atoms with Crippen LogP contribution in [-0.4, -0.2) is 28.6 Å². The van der Waals surface area contributed by atoms with E-state index < -0.39 is 0 Å². The highest BCUT2D eigenvalue weighted by atomic mass is 35.5. The van der Waals surface area contributed by atoms with Crippen LogP contribution in [-0.2, 0) is 4.79 Å². The normalized spacial score (nSPS) is 19.8. The van der Waals surface area contributed by atoms with Crippen LogP contribution in [0.25, 0.3) is 6.08 Å². The van der Waals surface area contributed by atoms with E-state index in [9.17, 15) is 4.79 Å². The molecule has 4 nitrogen and oxygen atoms in total. The average molecular weight is 375 g/mol. The molecule has 0 unspecified atom stereocenters. The lowest BCUT2D eigenvalue weighted by molar-refractivity contribution is -0.124. The number of carbonyl (C=O) groups is 1. The van der Waals surface area contributed by atoms with Crippen LogP contribution in [0.3, 0.4) is 0 Å². The predicted octanol–water partition coefficient (Wildman–Crippen LogP) is 3.74.